The van der Waals surface area contributed by atoms with Crippen LogP contribution in [-0.4, -0.2) is 41.9 Å². The minimum atomic E-state index is 0.0171. The number of benzene rings is 2. The van der Waals surface area contributed by atoms with Gasteiger partial charge in [-0.25, -0.2) is 0 Å². The molecule has 0 N–H and O–H groups in total. The van der Waals surface area contributed by atoms with Crippen molar-refractivity contribution in [3.63, 3.8) is 0 Å². The highest BCUT2D eigenvalue weighted by molar-refractivity contribution is 6.01. The summed E-state index contributed by atoms with van der Waals surface area (Å²) in [5.41, 5.74) is 0.671. The summed E-state index contributed by atoms with van der Waals surface area (Å²) in [5, 5.41) is 2.16. The second-order valence-electron chi connectivity index (χ2n) is 6.54. The lowest BCUT2D eigenvalue weighted by Gasteiger charge is -2.35. The average Bonchev–Trinajstić information content (AvgIpc) is 2.58. The van der Waals surface area contributed by atoms with Gasteiger partial charge in [-0.1, -0.05) is 36.4 Å². The van der Waals surface area contributed by atoms with Gasteiger partial charge in [0.15, 0.2) is 5.78 Å². The molecule has 1 fully saturated rings. The maximum absolute atomic E-state index is 12.4. The first-order valence-corrected chi connectivity index (χ1v) is 8.48. The Kier molecular flexibility index (Phi) is 4.95. The normalized spacial score (nSPS) is 21.0. The van der Waals surface area contributed by atoms with Crippen LogP contribution >= 0.6 is 0 Å². The van der Waals surface area contributed by atoms with Gasteiger partial charge in [-0.2, -0.15) is 0 Å². The number of hydrogen-bond donors (Lipinski definition) is 0. The minimum Gasteiger partial charge on any atom is -0.372 e. The average molecular weight is 325 g/mol. The van der Waals surface area contributed by atoms with Crippen LogP contribution in [0.3, 0.4) is 0 Å². The Balaban J connectivity index is 1.60. The highest BCUT2D eigenvalue weighted by Crippen LogP contribution is 2.18. The number of carbonyl (C=O) groups is 2. The summed E-state index contributed by atoms with van der Waals surface area (Å²) in [4.78, 5) is 26.6. The molecule has 2 unspecified atom stereocenters. The second kappa shape index (κ2) is 7.14. The number of ether oxygens (including phenoxy) is 1. The molecule has 0 radical (unpaired) electrons. The number of amides is 1. The standard InChI is InChI=1S/C20H23NO3/c1-14-12-21(13-15(2)24-14)20(23)10-9-19(22)18-8-7-16-5-3-4-6-17(16)11-18/h3-8,11,14-15H,9-10,12-13H2,1-2H3. The third kappa shape index (κ3) is 3.82. The van der Waals surface area contributed by atoms with Crippen molar-refractivity contribution >= 4 is 22.5 Å². The van der Waals surface area contributed by atoms with Crippen LogP contribution in [0.5, 0.6) is 0 Å². The van der Waals surface area contributed by atoms with Crippen LogP contribution in [0.25, 0.3) is 10.8 Å². The zero-order valence-corrected chi connectivity index (χ0v) is 14.2. The molecule has 2 atom stereocenters. The number of Topliss-reactive ketones (excluding diaryl/α,β-unsaturated/α-hetero) is 1. The van der Waals surface area contributed by atoms with Crippen LogP contribution in [0.15, 0.2) is 42.5 Å². The molecule has 1 aliphatic rings. The number of rotatable bonds is 4. The van der Waals surface area contributed by atoms with Crippen LogP contribution in [0.4, 0.5) is 0 Å². The third-order valence-corrected chi connectivity index (χ3v) is 4.41. The Bertz CT molecular complexity index is 745. The molecule has 4 nitrogen and oxygen atoms in total. The highest BCUT2D eigenvalue weighted by Gasteiger charge is 2.25. The Morgan fingerprint density at radius 2 is 1.67 bits per heavy atom. The molecule has 1 amide bonds. The fraction of sp³-hybridized carbons (Fsp3) is 0.400. The number of nitrogens with zero attached hydrogens (tertiary/aromatic N) is 1. The van der Waals surface area contributed by atoms with Crippen LogP contribution in [0.2, 0.25) is 0 Å². The first-order valence-electron chi connectivity index (χ1n) is 8.48. The molecule has 1 aliphatic heterocycles. The summed E-state index contributed by atoms with van der Waals surface area (Å²) in [6.45, 7) is 5.15. The zero-order valence-electron chi connectivity index (χ0n) is 14.2. The Hall–Kier alpha value is -2.20. The maximum atomic E-state index is 12.4. The van der Waals surface area contributed by atoms with Crippen molar-refractivity contribution in [1.82, 2.24) is 4.90 Å². The van der Waals surface area contributed by atoms with E-state index in [1.165, 1.54) is 0 Å². The van der Waals surface area contributed by atoms with E-state index in [2.05, 4.69) is 0 Å². The lowest BCUT2D eigenvalue weighted by Crippen LogP contribution is -2.48. The quantitative estimate of drug-likeness (QED) is 0.809. The molecule has 0 aromatic heterocycles. The van der Waals surface area contributed by atoms with Crippen LogP contribution in [-0.2, 0) is 9.53 Å². The highest BCUT2D eigenvalue weighted by atomic mass is 16.5. The van der Waals surface area contributed by atoms with Crippen LogP contribution < -0.4 is 0 Å². The molecule has 0 aliphatic carbocycles. The fourth-order valence-electron chi connectivity index (χ4n) is 3.27. The molecule has 126 valence electrons. The molecule has 0 spiro atoms. The van der Waals surface area contributed by atoms with Crippen molar-refractivity contribution < 1.29 is 14.3 Å². The van der Waals surface area contributed by atoms with Crippen molar-refractivity contribution in [1.29, 1.82) is 0 Å². The van der Waals surface area contributed by atoms with E-state index in [1.807, 2.05) is 61.2 Å². The molecular formula is C20H23NO3. The number of hydrogen-bond acceptors (Lipinski definition) is 3. The SMILES string of the molecule is CC1CN(C(=O)CCC(=O)c2ccc3ccccc3c2)CC(C)O1. The minimum absolute atomic E-state index is 0.0171. The monoisotopic (exact) mass is 325 g/mol. The molecule has 2 aromatic carbocycles. The van der Waals surface area contributed by atoms with E-state index in [0.717, 1.165) is 10.8 Å². The van der Waals surface area contributed by atoms with Gasteiger partial charge >= 0.3 is 0 Å². The van der Waals surface area contributed by atoms with Gasteiger partial charge in [-0.3, -0.25) is 9.59 Å². The van der Waals surface area contributed by atoms with Crippen LogP contribution in [0.1, 0.15) is 37.0 Å². The smallest absolute Gasteiger partial charge is 0.223 e. The molecule has 2 aromatic rings. The molecule has 1 heterocycles. The molecule has 0 bridgehead atoms. The Morgan fingerprint density at radius 1 is 1.00 bits per heavy atom. The van der Waals surface area contributed by atoms with E-state index in [0.29, 0.717) is 18.7 Å². The van der Waals surface area contributed by atoms with Gasteiger partial charge in [0.2, 0.25) is 5.91 Å². The van der Waals surface area contributed by atoms with Gasteiger partial charge < -0.3 is 9.64 Å². The number of ketones is 1. The van der Waals surface area contributed by atoms with Gasteiger partial charge in [-0.15, -0.1) is 0 Å². The van der Waals surface area contributed by atoms with Crippen molar-refractivity contribution in [3.8, 4) is 0 Å². The third-order valence-electron chi connectivity index (χ3n) is 4.41. The first-order chi connectivity index (χ1) is 11.5. The predicted molar refractivity (Wildman–Crippen MR) is 94.1 cm³/mol. The van der Waals surface area contributed by atoms with Crippen LogP contribution in [0, 0.1) is 0 Å². The predicted octanol–water partition coefficient (Wildman–Crippen LogP) is 3.44. The zero-order chi connectivity index (χ0) is 17.1. The van der Waals surface area contributed by atoms with Crippen molar-refractivity contribution in [2.75, 3.05) is 13.1 Å². The van der Waals surface area contributed by atoms with E-state index in [9.17, 15) is 9.59 Å². The maximum Gasteiger partial charge on any atom is 0.223 e. The lowest BCUT2D eigenvalue weighted by atomic mass is 10.0. The van der Waals surface area contributed by atoms with Gasteiger partial charge in [0.1, 0.15) is 0 Å². The number of morpholine rings is 1. The topological polar surface area (TPSA) is 46.6 Å². The van der Waals surface area contributed by atoms with E-state index in [-0.39, 0.29) is 36.7 Å². The van der Waals surface area contributed by atoms with Gasteiger partial charge in [0.05, 0.1) is 12.2 Å². The first kappa shape index (κ1) is 16.7. The van der Waals surface area contributed by atoms with Crippen molar-refractivity contribution in [2.45, 2.75) is 38.9 Å². The Labute approximate surface area is 142 Å². The molecule has 3 rings (SSSR count). The van der Waals surface area contributed by atoms with Crippen molar-refractivity contribution in [3.05, 3.63) is 48.0 Å². The summed E-state index contributed by atoms with van der Waals surface area (Å²) in [6, 6.07) is 13.7. The summed E-state index contributed by atoms with van der Waals surface area (Å²) >= 11 is 0. The fourth-order valence-corrected chi connectivity index (χ4v) is 3.27. The largest absolute Gasteiger partial charge is 0.372 e. The number of carbonyl (C=O) groups excluding carboxylic acids is 2. The van der Waals surface area contributed by atoms with Gasteiger partial charge in [0.25, 0.3) is 0 Å². The Morgan fingerprint density at radius 3 is 2.38 bits per heavy atom. The summed E-state index contributed by atoms with van der Waals surface area (Å²) in [7, 11) is 0. The lowest BCUT2D eigenvalue weighted by molar-refractivity contribution is -0.143. The number of fused-ring (bicyclic) bond motifs is 1. The second-order valence-corrected chi connectivity index (χ2v) is 6.54. The molecule has 0 saturated carbocycles. The van der Waals surface area contributed by atoms with E-state index >= 15 is 0 Å². The van der Waals surface area contributed by atoms with Gasteiger partial charge in [0, 0.05) is 31.5 Å². The van der Waals surface area contributed by atoms with E-state index < -0.39 is 0 Å². The summed E-state index contributed by atoms with van der Waals surface area (Å²) < 4.78 is 5.64. The molecule has 4 heteroatoms. The molecular weight excluding hydrogens is 302 g/mol. The van der Waals surface area contributed by atoms with Gasteiger partial charge in [-0.05, 0) is 30.7 Å². The van der Waals surface area contributed by atoms with Crippen molar-refractivity contribution in [2.24, 2.45) is 0 Å². The van der Waals surface area contributed by atoms with E-state index in [4.69, 9.17) is 4.74 Å². The summed E-state index contributed by atoms with van der Waals surface area (Å²) in [5.74, 6) is 0.0506. The van der Waals surface area contributed by atoms with E-state index in [1.54, 1.807) is 0 Å². The molecule has 24 heavy (non-hydrogen) atoms. The molecule has 1 saturated heterocycles. The summed E-state index contributed by atoms with van der Waals surface area (Å²) in [6.07, 6.45) is 0.602.